The van der Waals surface area contributed by atoms with E-state index in [1.807, 2.05) is 58.6 Å². The molecule has 1 aromatic carbocycles. The van der Waals surface area contributed by atoms with Crippen molar-refractivity contribution in [3.63, 3.8) is 0 Å². The summed E-state index contributed by atoms with van der Waals surface area (Å²) in [5.74, 6) is 0.681. The molecule has 0 unspecified atom stereocenters. The molecule has 1 atom stereocenters. The van der Waals surface area contributed by atoms with E-state index in [2.05, 4.69) is 4.72 Å². The molecule has 3 aromatic rings. The summed E-state index contributed by atoms with van der Waals surface area (Å²) in [6, 6.07) is 12.8. The summed E-state index contributed by atoms with van der Waals surface area (Å²) >= 11 is 2.87. The third-order valence-corrected chi connectivity index (χ3v) is 7.32. The zero-order chi connectivity index (χ0) is 19.3. The molecule has 2 aromatic heterocycles. The topological polar surface area (TPSA) is 75.6 Å². The number of benzene rings is 1. The summed E-state index contributed by atoms with van der Waals surface area (Å²) in [6.07, 6.45) is 0.384. The van der Waals surface area contributed by atoms with Crippen LogP contribution in [0.15, 0.2) is 58.6 Å². The second-order valence-corrected chi connectivity index (χ2v) is 9.74. The van der Waals surface area contributed by atoms with Crippen LogP contribution in [0.2, 0.25) is 0 Å². The van der Waals surface area contributed by atoms with Gasteiger partial charge >= 0.3 is 0 Å². The molecule has 27 heavy (non-hydrogen) atoms. The van der Waals surface area contributed by atoms with Crippen LogP contribution in [0, 0.1) is 0 Å². The van der Waals surface area contributed by atoms with Gasteiger partial charge in [0.1, 0.15) is 11.4 Å². The van der Waals surface area contributed by atoms with Crippen molar-refractivity contribution in [3.8, 4) is 5.75 Å². The minimum Gasteiger partial charge on any atom is -0.497 e. The average molecular weight is 424 g/mol. The van der Waals surface area contributed by atoms with Gasteiger partial charge in [-0.15, -0.1) is 11.3 Å². The van der Waals surface area contributed by atoms with Gasteiger partial charge in [-0.1, -0.05) is 18.2 Å². The zero-order valence-corrected chi connectivity index (χ0v) is 17.2. The third-order valence-electron chi connectivity index (χ3n) is 4.29. The Labute approximate surface area is 167 Å². The molecule has 0 aliphatic heterocycles. The van der Waals surface area contributed by atoms with Gasteiger partial charge in [-0.2, -0.15) is 11.3 Å². The van der Waals surface area contributed by atoms with Crippen molar-refractivity contribution in [2.24, 2.45) is 0 Å². The molecule has 0 saturated heterocycles. The van der Waals surface area contributed by atoms with Gasteiger partial charge in [0.2, 0.25) is 10.0 Å². The fourth-order valence-corrected chi connectivity index (χ4v) is 5.32. The summed E-state index contributed by atoms with van der Waals surface area (Å²) in [7, 11) is -1.96. The van der Waals surface area contributed by atoms with E-state index in [-0.39, 0.29) is 12.3 Å². The fraction of sp³-hybridized carbons (Fsp3) is 0.263. The Balaban J connectivity index is 1.67. The lowest BCUT2D eigenvalue weighted by atomic mass is 9.95. The number of sulfonamides is 1. The van der Waals surface area contributed by atoms with Crippen LogP contribution in [-0.4, -0.2) is 32.9 Å². The molecular weight excluding hydrogens is 402 g/mol. The largest absolute Gasteiger partial charge is 0.497 e. The maximum absolute atomic E-state index is 12.5. The number of aliphatic hydroxyl groups is 1. The van der Waals surface area contributed by atoms with Gasteiger partial charge in [-0.05, 0) is 52.4 Å². The highest BCUT2D eigenvalue weighted by atomic mass is 32.2. The molecule has 0 fully saturated rings. The zero-order valence-electron chi connectivity index (χ0n) is 14.8. The highest BCUT2D eigenvalue weighted by molar-refractivity contribution is 7.89. The van der Waals surface area contributed by atoms with Gasteiger partial charge in [-0.25, -0.2) is 13.1 Å². The Kier molecular flexibility index (Phi) is 6.33. The number of aryl methyl sites for hydroxylation is 1. The molecule has 0 radical (unpaired) electrons. The van der Waals surface area contributed by atoms with E-state index in [4.69, 9.17) is 4.74 Å². The number of nitrogens with one attached hydrogen (secondary N) is 1. The number of rotatable bonds is 9. The predicted molar refractivity (Wildman–Crippen MR) is 110 cm³/mol. The maximum atomic E-state index is 12.5. The molecule has 0 aliphatic carbocycles. The highest BCUT2D eigenvalue weighted by Gasteiger charge is 2.34. The first kappa shape index (κ1) is 20.0. The first-order valence-corrected chi connectivity index (χ1v) is 11.8. The molecule has 2 heterocycles. The molecule has 0 amide bonds. The van der Waals surface area contributed by atoms with Crippen molar-refractivity contribution in [3.05, 3.63) is 74.6 Å². The normalized spacial score (nSPS) is 14.0. The van der Waals surface area contributed by atoms with Crippen molar-refractivity contribution in [2.45, 2.75) is 12.0 Å². The van der Waals surface area contributed by atoms with Crippen molar-refractivity contribution in [1.29, 1.82) is 0 Å². The fourth-order valence-electron chi connectivity index (χ4n) is 2.68. The van der Waals surface area contributed by atoms with Crippen molar-refractivity contribution in [1.82, 2.24) is 4.72 Å². The monoisotopic (exact) mass is 423 g/mol. The van der Waals surface area contributed by atoms with E-state index >= 15 is 0 Å². The standard InChI is InChI=1S/C19H21NO4S3/c1-24-17-6-4-15(5-7-17)9-12-27(22,23)20-14-19(21,16-8-11-25-13-16)18-3-2-10-26-18/h2-8,10-11,13,20-21H,9,12,14H2,1H3/t19-/m1/s1. The second-order valence-electron chi connectivity index (χ2n) is 6.09. The summed E-state index contributed by atoms with van der Waals surface area (Å²) in [5.41, 5.74) is 0.224. The molecule has 0 bridgehead atoms. The molecule has 8 heteroatoms. The minimum atomic E-state index is -3.54. The average Bonchev–Trinajstić information content (AvgIpc) is 3.39. The highest BCUT2D eigenvalue weighted by Crippen LogP contribution is 2.33. The van der Waals surface area contributed by atoms with Crippen LogP contribution in [0.5, 0.6) is 5.75 Å². The van der Waals surface area contributed by atoms with Gasteiger partial charge in [0.15, 0.2) is 0 Å². The quantitative estimate of drug-likeness (QED) is 0.554. The number of hydrogen-bond acceptors (Lipinski definition) is 6. The summed E-state index contributed by atoms with van der Waals surface area (Å²) in [6.45, 7) is -0.102. The molecule has 0 spiro atoms. The SMILES string of the molecule is COc1ccc(CCS(=O)(=O)NC[C@@](O)(c2ccsc2)c2cccs2)cc1. The smallest absolute Gasteiger partial charge is 0.212 e. The van der Waals surface area contributed by atoms with Gasteiger partial charge in [0, 0.05) is 17.0 Å². The number of methoxy groups -OCH3 is 1. The molecule has 5 nitrogen and oxygen atoms in total. The molecule has 2 N–H and O–H groups in total. The Morgan fingerprint density at radius 2 is 1.93 bits per heavy atom. The number of thiophene rings is 2. The maximum Gasteiger partial charge on any atom is 0.212 e. The van der Waals surface area contributed by atoms with E-state index in [9.17, 15) is 13.5 Å². The molecular formula is C19H21NO4S3. The van der Waals surface area contributed by atoms with Crippen LogP contribution in [0.25, 0.3) is 0 Å². The van der Waals surface area contributed by atoms with Gasteiger partial charge in [0.05, 0.1) is 12.9 Å². The lowest BCUT2D eigenvalue weighted by Gasteiger charge is -2.26. The van der Waals surface area contributed by atoms with E-state index in [0.717, 1.165) is 11.3 Å². The summed E-state index contributed by atoms with van der Waals surface area (Å²) in [4.78, 5) is 0.707. The van der Waals surface area contributed by atoms with E-state index in [1.165, 1.54) is 22.7 Å². The van der Waals surface area contributed by atoms with Crippen LogP contribution in [0.1, 0.15) is 16.0 Å². The van der Waals surface area contributed by atoms with Crippen LogP contribution in [-0.2, 0) is 22.0 Å². The van der Waals surface area contributed by atoms with Gasteiger partial charge in [-0.3, -0.25) is 0 Å². The number of hydrogen-bond donors (Lipinski definition) is 2. The summed E-state index contributed by atoms with van der Waals surface area (Å²) in [5, 5.41) is 16.8. The first-order chi connectivity index (χ1) is 12.9. The third kappa shape index (κ3) is 4.97. The van der Waals surface area contributed by atoms with Crippen LogP contribution in [0.4, 0.5) is 0 Å². The molecule has 3 rings (SSSR count). The van der Waals surface area contributed by atoms with Crippen LogP contribution >= 0.6 is 22.7 Å². The van der Waals surface area contributed by atoms with Crippen LogP contribution < -0.4 is 9.46 Å². The van der Waals surface area contributed by atoms with Crippen molar-refractivity contribution >= 4 is 32.7 Å². The van der Waals surface area contributed by atoms with Gasteiger partial charge in [0.25, 0.3) is 0 Å². The Hall–Kier alpha value is -1.71. The number of ether oxygens (including phenoxy) is 1. The summed E-state index contributed by atoms with van der Waals surface area (Å²) < 4.78 is 32.6. The minimum absolute atomic E-state index is 0.0521. The van der Waals surface area contributed by atoms with E-state index < -0.39 is 15.6 Å². The Morgan fingerprint density at radius 1 is 1.15 bits per heavy atom. The first-order valence-electron chi connectivity index (χ1n) is 8.32. The molecule has 0 saturated carbocycles. The lowest BCUT2D eigenvalue weighted by molar-refractivity contribution is 0.0903. The van der Waals surface area contributed by atoms with Crippen molar-refractivity contribution < 1.29 is 18.3 Å². The van der Waals surface area contributed by atoms with Crippen LogP contribution in [0.3, 0.4) is 0 Å². The Morgan fingerprint density at radius 3 is 2.52 bits per heavy atom. The van der Waals surface area contributed by atoms with E-state index in [0.29, 0.717) is 16.9 Å². The van der Waals surface area contributed by atoms with Crippen molar-refractivity contribution in [2.75, 3.05) is 19.4 Å². The second kappa shape index (κ2) is 8.53. The lowest BCUT2D eigenvalue weighted by Crippen LogP contribution is -2.41. The van der Waals surface area contributed by atoms with Gasteiger partial charge < -0.3 is 9.84 Å². The molecule has 0 aliphatic rings. The predicted octanol–water partition coefficient (Wildman–Crippen LogP) is 3.22. The Bertz CT molecular complexity index is 899. The molecule has 144 valence electrons. The van der Waals surface area contributed by atoms with E-state index in [1.54, 1.807) is 7.11 Å².